The van der Waals surface area contributed by atoms with Crippen molar-refractivity contribution in [3.05, 3.63) is 12.7 Å². The first-order valence-corrected chi connectivity index (χ1v) is 2.89. The molecule has 8 heavy (non-hydrogen) atoms. The van der Waals surface area contributed by atoms with Gasteiger partial charge in [0.15, 0.2) is 0 Å². The third-order valence-electron chi connectivity index (χ3n) is 0.727. The number of hydrogen-bond acceptors (Lipinski definition) is 2. The van der Waals surface area contributed by atoms with Crippen LogP contribution >= 0.6 is 9.47 Å². The third-order valence-corrected chi connectivity index (χ3v) is 0.920. The quantitative estimate of drug-likeness (QED) is 0.453. The summed E-state index contributed by atoms with van der Waals surface area (Å²) < 4.78 is 4.58. The maximum atomic E-state index is 8.84. The second-order valence-corrected chi connectivity index (χ2v) is 1.84. The summed E-state index contributed by atoms with van der Waals surface area (Å²) in [7, 11) is 2.08. The van der Waals surface area contributed by atoms with E-state index in [1.165, 1.54) is 0 Å². The predicted octanol–water partition coefficient (Wildman–Crippen LogP) is 0.730. The van der Waals surface area contributed by atoms with Crippen molar-refractivity contribution in [3.63, 3.8) is 0 Å². The number of aliphatic hydroxyl groups excluding tert-OH is 1. The van der Waals surface area contributed by atoms with Crippen molar-refractivity contribution in [2.75, 3.05) is 6.61 Å². The first-order valence-electron chi connectivity index (χ1n) is 2.42. The molecule has 0 aromatic heterocycles. The molecule has 0 amide bonds. The van der Waals surface area contributed by atoms with Crippen molar-refractivity contribution in [1.82, 2.24) is 0 Å². The highest BCUT2D eigenvalue weighted by Gasteiger charge is 1.97. The van der Waals surface area contributed by atoms with Crippen molar-refractivity contribution < 1.29 is 9.63 Å². The normalized spacial score (nSPS) is 13.2. The molecule has 0 aliphatic rings. The van der Waals surface area contributed by atoms with E-state index in [-0.39, 0.29) is 0 Å². The van der Waals surface area contributed by atoms with Crippen LogP contribution in [0.4, 0.5) is 0 Å². The molecule has 0 aromatic rings. The molecule has 0 aliphatic heterocycles. The molecule has 0 saturated carbocycles. The van der Waals surface area contributed by atoms with Gasteiger partial charge in [-0.15, -0.1) is 6.58 Å². The summed E-state index contributed by atoms with van der Waals surface area (Å²) >= 11 is 0. The molecule has 0 radical (unpaired) electrons. The maximum absolute atomic E-state index is 8.84. The Balaban J connectivity index is 3.03. The topological polar surface area (TPSA) is 29.5 Å². The number of hydrogen-bond donors (Lipinski definition) is 1. The molecule has 0 saturated heterocycles. The lowest BCUT2D eigenvalue weighted by Gasteiger charge is -2.03. The van der Waals surface area contributed by atoms with E-state index in [0.717, 1.165) is 0 Å². The van der Waals surface area contributed by atoms with Crippen LogP contribution in [0.15, 0.2) is 12.7 Å². The highest BCUT2D eigenvalue weighted by Crippen LogP contribution is 1.95. The standard InChI is InChI=1S/C5H11O2P/c1-2-3-5(6)4-7-8/h2,5-6H,1,3-4,8H2. The summed E-state index contributed by atoms with van der Waals surface area (Å²) in [6.07, 6.45) is 1.85. The molecule has 0 spiro atoms. The van der Waals surface area contributed by atoms with Crippen LogP contribution in [0.1, 0.15) is 6.42 Å². The van der Waals surface area contributed by atoms with Gasteiger partial charge in [-0.2, -0.15) is 0 Å². The minimum Gasteiger partial charge on any atom is -0.390 e. The predicted molar refractivity (Wildman–Crippen MR) is 36.5 cm³/mol. The Morgan fingerprint density at radius 3 is 2.88 bits per heavy atom. The van der Waals surface area contributed by atoms with Gasteiger partial charge >= 0.3 is 0 Å². The summed E-state index contributed by atoms with van der Waals surface area (Å²) in [5.41, 5.74) is 0. The van der Waals surface area contributed by atoms with Gasteiger partial charge in [0.1, 0.15) is 0 Å². The highest BCUT2D eigenvalue weighted by atomic mass is 31.0. The van der Waals surface area contributed by atoms with Crippen molar-refractivity contribution in [1.29, 1.82) is 0 Å². The van der Waals surface area contributed by atoms with Crippen LogP contribution in [-0.4, -0.2) is 17.8 Å². The Morgan fingerprint density at radius 1 is 1.88 bits per heavy atom. The summed E-state index contributed by atoms with van der Waals surface area (Å²) in [5, 5.41) is 8.84. The van der Waals surface area contributed by atoms with Gasteiger partial charge in [-0.3, -0.25) is 0 Å². The van der Waals surface area contributed by atoms with Gasteiger partial charge in [-0.1, -0.05) is 6.08 Å². The second kappa shape index (κ2) is 5.23. The fourth-order valence-electron chi connectivity index (χ4n) is 0.372. The van der Waals surface area contributed by atoms with Crippen molar-refractivity contribution in [2.24, 2.45) is 0 Å². The lowest BCUT2D eigenvalue weighted by Crippen LogP contribution is -2.10. The van der Waals surface area contributed by atoms with E-state index < -0.39 is 6.10 Å². The molecule has 0 heterocycles. The summed E-state index contributed by atoms with van der Waals surface area (Å²) in [6.45, 7) is 3.82. The molecule has 1 N–H and O–H groups in total. The fourth-order valence-corrected chi connectivity index (χ4v) is 0.594. The van der Waals surface area contributed by atoms with Crippen LogP contribution < -0.4 is 0 Å². The largest absolute Gasteiger partial charge is 0.390 e. The average molecular weight is 134 g/mol. The Labute approximate surface area is 51.8 Å². The SMILES string of the molecule is C=CCC(O)COP. The van der Waals surface area contributed by atoms with E-state index in [2.05, 4.69) is 20.6 Å². The first kappa shape index (κ1) is 8.09. The molecule has 0 bridgehead atoms. The van der Waals surface area contributed by atoms with Crippen molar-refractivity contribution >= 4 is 9.47 Å². The van der Waals surface area contributed by atoms with Gasteiger partial charge in [-0.25, -0.2) is 0 Å². The minimum absolute atomic E-state index is 0.358. The molecular formula is C5H11O2P. The number of rotatable bonds is 4. The molecule has 0 aliphatic carbocycles. The monoisotopic (exact) mass is 134 g/mol. The average Bonchev–Trinajstić information content (AvgIpc) is 1.68. The van der Waals surface area contributed by atoms with Gasteiger partial charge in [0, 0.05) is 9.47 Å². The van der Waals surface area contributed by atoms with Gasteiger partial charge in [0.05, 0.1) is 12.7 Å². The van der Waals surface area contributed by atoms with Crippen LogP contribution in [0.5, 0.6) is 0 Å². The molecule has 2 nitrogen and oxygen atoms in total. The molecular weight excluding hydrogens is 123 g/mol. The molecule has 3 heteroatoms. The van der Waals surface area contributed by atoms with Crippen LogP contribution in [0.3, 0.4) is 0 Å². The molecule has 0 rings (SSSR count). The Hall–Kier alpha value is 0.0900. The van der Waals surface area contributed by atoms with Gasteiger partial charge < -0.3 is 9.63 Å². The summed E-state index contributed by atoms with van der Waals surface area (Å²) in [6, 6.07) is 0. The van der Waals surface area contributed by atoms with Crippen LogP contribution in [0.25, 0.3) is 0 Å². The van der Waals surface area contributed by atoms with Crippen LogP contribution in [0, 0.1) is 0 Å². The second-order valence-electron chi connectivity index (χ2n) is 1.51. The molecule has 2 atom stereocenters. The van der Waals surface area contributed by atoms with Gasteiger partial charge in [0.25, 0.3) is 0 Å². The lowest BCUT2D eigenvalue weighted by molar-refractivity contribution is 0.120. The molecule has 0 aromatic carbocycles. The number of aliphatic hydroxyl groups is 1. The zero-order valence-electron chi connectivity index (χ0n) is 4.71. The van der Waals surface area contributed by atoms with Crippen LogP contribution in [-0.2, 0) is 4.52 Å². The summed E-state index contributed by atoms with van der Waals surface area (Å²) in [4.78, 5) is 0. The molecule has 0 fully saturated rings. The fraction of sp³-hybridized carbons (Fsp3) is 0.600. The minimum atomic E-state index is -0.398. The van der Waals surface area contributed by atoms with Gasteiger partial charge in [-0.05, 0) is 6.42 Å². The zero-order valence-corrected chi connectivity index (χ0v) is 5.86. The molecule has 2 unspecified atom stereocenters. The zero-order chi connectivity index (χ0) is 6.41. The van der Waals surface area contributed by atoms with E-state index in [1.807, 2.05) is 0 Å². The van der Waals surface area contributed by atoms with Crippen LogP contribution in [0.2, 0.25) is 0 Å². The lowest BCUT2D eigenvalue weighted by atomic mass is 10.3. The Morgan fingerprint density at radius 2 is 2.50 bits per heavy atom. The third kappa shape index (κ3) is 4.25. The van der Waals surface area contributed by atoms with E-state index in [4.69, 9.17) is 5.11 Å². The molecule has 48 valence electrons. The van der Waals surface area contributed by atoms with E-state index in [0.29, 0.717) is 13.0 Å². The Kier molecular flexibility index (Phi) is 5.29. The van der Waals surface area contributed by atoms with Gasteiger partial charge in [0.2, 0.25) is 0 Å². The van der Waals surface area contributed by atoms with E-state index in [1.54, 1.807) is 6.08 Å². The maximum Gasteiger partial charge on any atom is 0.0811 e. The van der Waals surface area contributed by atoms with E-state index in [9.17, 15) is 0 Å². The highest BCUT2D eigenvalue weighted by molar-refractivity contribution is 7.09. The van der Waals surface area contributed by atoms with Crippen molar-refractivity contribution in [2.45, 2.75) is 12.5 Å². The summed E-state index contributed by atoms with van der Waals surface area (Å²) in [5.74, 6) is 0. The van der Waals surface area contributed by atoms with Crippen molar-refractivity contribution in [3.8, 4) is 0 Å². The smallest absolute Gasteiger partial charge is 0.0811 e. The van der Waals surface area contributed by atoms with E-state index >= 15 is 0 Å². The first-order chi connectivity index (χ1) is 3.81. The Bertz CT molecular complexity index is 65.4.